The van der Waals surface area contributed by atoms with E-state index in [0.29, 0.717) is 65.3 Å². The van der Waals surface area contributed by atoms with Gasteiger partial charge in [0.15, 0.2) is 0 Å². The van der Waals surface area contributed by atoms with Crippen LogP contribution in [0.4, 0.5) is 73.9 Å². The number of anilines is 8. The first-order valence-electron chi connectivity index (χ1n) is 39.8. The predicted molar refractivity (Wildman–Crippen MR) is 476 cm³/mol. The van der Waals surface area contributed by atoms with E-state index in [2.05, 4.69) is 87.8 Å². The van der Waals surface area contributed by atoms with Gasteiger partial charge in [-0.3, -0.25) is 65.1 Å². The standard InChI is InChI=1S/C25H22F3N5O.C24H20F3N5O.C22H19N7O4.C22H20N6O/c1-17-7-5-6-10-21(17)22(34)30-24-31-23(29-16-15-18-8-3-2-4-9-18)32-33(24)20-13-11-19(12-14-20)25(26,27)28;1-16-7-5-6-10-20(16)21(33)29-23-30-22(28-15-17-8-3-2-4-9-17)31-32(23)19-13-11-18(12-14-19)24(25,26)27;1-27-10-8-14(12-17(27)30)19(32)23-21-25-22(29(26-21)16-6-4-3-5-7-16)24-20(33)15-9-11-28(2)18(31)13-15;1-16-9-5-6-13-19(16)20(29)25-22-26-21(24-15-17-10-7-8-14-23-17)27-28(22)18-11-3-2-4-12-18/h2-14H,15-16H2,1H3,(H2,29,30,31,32,34);2-14H,15H2,1H3,(H2,28,29,30,31,33);3-13H,1-2H3,(H2,23,24,25,26,32,33);2-14H,15H2,1H3,(H2,24,25,26,27,29). The Morgan fingerprint density at radius 3 is 1.04 bits per heavy atom. The third kappa shape index (κ3) is 24.0. The summed E-state index contributed by atoms with van der Waals surface area (Å²) < 4.78 is 86.1. The van der Waals surface area contributed by atoms with Crippen LogP contribution in [0.1, 0.15) is 96.4 Å². The van der Waals surface area contributed by atoms with Crippen LogP contribution in [0, 0.1) is 20.8 Å². The van der Waals surface area contributed by atoms with Crippen molar-refractivity contribution in [1.29, 1.82) is 0 Å². The van der Waals surface area contributed by atoms with Crippen molar-refractivity contribution in [3.05, 3.63) is 397 Å². The molecule has 0 aliphatic carbocycles. The molecule has 7 heterocycles. The number of carbonyl (C=O) groups is 5. The van der Waals surface area contributed by atoms with Gasteiger partial charge in [-0.1, -0.05) is 158 Å². The number of para-hydroxylation sites is 2. The number of hydrogen-bond donors (Lipinski definition) is 8. The molecule has 0 spiro atoms. The van der Waals surface area contributed by atoms with Crippen LogP contribution in [-0.4, -0.2) is 109 Å². The zero-order valence-corrected chi connectivity index (χ0v) is 69.5. The first kappa shape index (κ1) is 89.7. The number of halogens is 6. The number of nitrogens with zero attached hydrogens (tertiary/aromatic N) is 15. The number of pyridine rings is 3. The van der Waals surface area contributed by atoms with Gasteiger partial charge in [-0.2, -0.15) is 65.0 Å². The van der Waals surface area contributed by atoms with Crippen molar-refractivity contribution in [3.8, 4) is 22.7 Å². The third-order valence-electron chi connectivity index (χ3n) is 19.3. The Kier molecular flexibility index (Phi) is 28.8. The number of aryl methyl sites for hydroxylation is 5. The SMILES string of the molecule is Cc1ccccc1C(=O)Nc1nc(NCCc2ccccc2)nn1-c1ccc(C(F)(F)F)cc1.Cc1ccccc1C(=O)Nc1nc(NCc2ccccc2)nn1-c1ccc(C(F)(F)F)cc1.Cc1ccccc1C(=O)Nc1nc(NCc2ccccn2)nn1-c1ccccc1.Cn1ccc(C(=O)Nc2nc(NC(=O)c3ccn(C)c(=O)c3)n(-c3ccccc3)n2)cc1=O. The van der Waals surface area contributed by atoms with E-state index < -0.39 is 47.1 Å². The monoisotopic (exact) mass is 1750 g/mol. The lowest BCUT2D eigenvalue weighted by Crippen LogP contribution is -2.21. The Hall–Kier alpha value is -17.1. The van der Waals surface area contributed by atoms with E-state index in [1.54, 1.807) is 79.6 Å². The van der Waals surface area contributed by atoms with Gasteiger partial charge in [0.25, 0.3) is 46.6 Å². The second-order valence-corrected chi connectivity index (χ2v) is 28.6. The maximum Gasteiger partial charge on any atom is 0.416 e. The van der Waals surface area contributed by atoms with E-state index in [9.17, 15) is 59.9 Å². The summed E-state index contributed by atoms with van der Waals surface area (Å²) in [5.41, 5.74) is 7.04. The number of nitrogens with one attached hydrogen (secondary N) is 8. The Morgan fingerprint density at radius 1 is 0.333 bits per heavy atom. The number of amides is 5. The highest BCUT2D eigenvalue weighted by Gasteiger charge is 2.32. The van der Waals surface area contributed by atoms with Gasteiger partial charge in [-0.25, -0.2) is 0 Å². The molecule has 30 nitrogen and oxygen atoms in total. The first-order chi connectivity index (χ1) is 62.1. The van der Waals surface area contributed by atoms with Crippen LogP contribution in [0.15, 0.2) is 313 Å². The maximum absolute atomic E-state index is 13.0. The fraction of sp³-hybridized carbons (Fsp3) is 0.118. The van der Waals surface area contributed by atoms with Crippen molar-refractivity contribution >= 4 is 77.1 Å². The molecule has 0 aliphatic heterocycles. The van der Waals surface area contributed by atoms with Gasteiger partial charge in [0.2, 0.25) is 41.6 Å². The molecule has 0 saturated carbocycles. The molecule has 0 bridgehead atoms. The van der Waals surface area contributed by atoms with Crippen LogP contribution < -0.4 is 53.7 Å². The summed E-state index contributed by atoms with van der Waals surface area (Å²) in [6, 6.07) is 79.5. The molecule has 7 aromatic heterocycles. The summed E-state index contributed by atoms with van der Waals surface area (Å²) in [6.45, 7) is 6.96. The molecule has 16 rings (SSSR count). The van der Waals surface area contributed by atoms with Gasteiger partial charge in [0, 0.05) is 85.7 Å². The normalized spacial score (nSPS) is 10.9. The lowest BCUT2D eigenvalue weighted by atomic mass is 10.1. The summed E-state index contributed by atoms with van der Waals surface area (Å²) in [5.74, 6) is -0.836. The van der Waals surface area contributed by atoms with Crippen molar-refractivity contribution < 1.29 is 50.3 Å². The molecule has 16 aromatic rings. The molecule has 0 saturated heterocycles. The molecule has 0 unspecified atom stereocenters. The Morgan fingerprint density at radius 2 is 0.659 bits per heavy atom. The van der Waals surface area contributed by atoms with Crippen LogP contribution >= 0.6 is 0 Å². The molecule has 0 radical (unpaired) electrons. The van der Waals surface area contributed by atoms with Crippen molar-refractivity contribution in [2.45, 2.75) is 52.6 Å². The highest BCUT2D eigenvalue weighted by molar-refractivity contribution is 6.07. The second kappa shape index (κ2) is 41.4. The Bertz CT molecular complexity index is 6710. The zero-order chi connectivity index (χ0) is 91.1. The zero-order valence-electron chi connectivity index (χ0n) is 69.5. The molecule has 0 fully saturated rings. The van der Waals surface area contributed by atoms with Crippen molar-refractivity contribution in [2.24, 2.45) is 14.1 Å². The maximum atomic E-state index is 13.0. The quantitative estimate of drug-likeness (QED) is 0.0260. The average molecular weight is 1750 g/mol. The van der Waals surface area contributed by atoms with E-state index in [1.807, 2.05) is 178 Å². The molecular weight excluding hydrogens is 1670 g/mol. The Labute approximate surface area is 732 Å². The van der Waals surface area contributed by atoms with Crippen molar-refractivity contribution in [1.82, 2.24) is 73.2 Å². The van der Waals surface area contributed by atoms with Gasteiger partial charge in [-0.05, 0) is 170 Å². The number of rotatable bonds is 24. The van der Waals surface area contributed by atoms with Gasteiger partial charge < -0.3 is 25.1 Å². The van der Waals surface area contributed by atoms with Crippen LogP contribution in [-0.2, 0) is 46.0 Å². The molecule has 9 aromatic carbocycles. The molecule has 0 aliphatic rings. The number of aromatic nitrogens is 15. The van der Waals surface area contributed by atoms with Crippen LogP contribution in [0.2, 0.25) is 0 Å². The molecule has 8 N–H and O–H groups in total. The fourth-order valence-corrected chi connectivity index (χ4v) is 12.4. The lowest BCUT2D eigenvalue weighted by molar-refractivity contribution is -0.138. The minimum absolute atomic E-state index is 0.0335. The van der Waals surface area contributed by atoms with Crippen LogP contribution in [0.3, 0.4) is 0 Å². The largest absolute Gasteiger partial charge is 0.416 e. The van der Waals surface area contributed by atoms with E-state index in [4.69, 9.17) is 0 Å². The first-order valence-corrected chi connectivity index (χ1v) is 39.8. The smallest absolute Gasteiger partial charge is 0.353 e. The highest BCUT2D eigenvalue weighted by atomic mass is 19.4. The van der Waals surface area contributed by atoms with E-state index in [-0.39, 0.29) is 63.8 Å². The van der Waals surface area contributed by atoms with E-state index >= 15 is 0 Å². The summed E-state index contributed by atoms with van der Waals surface area (Å²) >= 11 is 0. The summed E-state index contributed by atoms with van der Waals surface area (Å²) in [6.07, 6.45) is -3.49. The molecule has 652 valence electrons. The van der Waals surface area contributed by atoms with Crippen molar-refractivity contribution in [3.63, 3.8) is 0 Å². The second-order valence-electron chi connectivity index (χ2n) is 28.6. The van der Waals surface area contributed by atoms with Crippen LogP contribution in [0.25, 0.3) is 22.7 Å². The minimum Gasteiger partial charge on any atom is -0.353 e. The number of carbonyl (C=O) groups excluding carboxylic acids is 5. The topological polar surface area (TPSA) is 361 Å². The van der Waals surface area contributed by atoms with Crippen LogP contribution in [0.5, 0.6) is 0 Å². The van der Waals surface area contributed by atoms with E-state index in [0.717, 1.165) is 69.9 Å². The molecule has 129 heavy (non-hydrogen) atoms. The number of hydrogen-bond acceptors (Lipinski definition) is 19. The molecular formula is C93H81F6N23O7. The third-order valence-corrected chi connectivity index (χ3v) is 19.3. The summed E-state index contributed by atoms with van der Waals surface area (Å²) in [7, 11) is 3.15. The highest BCUT2D eigenvalue weighted by Crippen LogP contribution is 2.33. The van der Waals surface area contributed by atoms with Gasteiger partial charge in [0.1, 0.15) is 0 Å². The minimum atomic E-state index is -4.45. The average Bonchev–Trinajstić information content (AvgIpc) is 1.70. The molecule has 0 atom stereocenters. The van der Waals surface area contributed by atoms with Crippen molar-refractivity contribution in [2.75, 3.05) is 49.1 Å². The van der Waals surface area contributed by atoms with E-state index in [1.165, 1.54) is 84.1 Å². The number of alkyl halides is 6. The summed E-state index contributed by atoms with van der Waals surface area (Å²) in [4.78, 5) is 109. The van der Waals surface area contributed by atoms with Gasteiger partial charge >= 0.3 is 12.4 Å². The molecule has 36 heteroatoms. The van der Waals surface area contributed by atoms with Gasteiger partial charge in [0.05, 0.1) is 46.1 Å². The predicted octanol–water partition coefficient (Wildman–Crippen LogP) is 16.0. The number of benzene rings is 9. The molecule has 5 amide bonds. The Balaban J connectivity index is 0.000000147. The fourth-order valence-electron chi connectivity index (χ4n) is 12.4. The summed E-state index contributed by atoms with van der Waals surface area (Å²) in [5, 5.41) is 40.3. The van der Waals surface area contributed by atoms with Gasteiger partial charge in [-0.15, -0.1) is 20.4 Å². The lowest BCUT2D eigenvalue weighted by Gasteiger charge is -2.10.